The van der Waals surface area contributed by atoms with Crippen molar-refractivity contribution in [3.63, 3.8) is 0 Å². The van der Waals surface area contributed by atoms with Gasteiger partial charge in [-0.25, -0.2) is 0 Å². The van der Waals surface area contributed by atoms with Crippen molar-refractivity contribution < 1.29 is 75.8 Å². The molecule has 3 heterocycles. The molecule has 11 rings (SSSR count). The zero-order valence-corrected chi connectivity index (χ0v) is 55.3. The van der Waals surface area contributed by atoms with Crippen molar-refractivity contribution in [2.45, 2.75) is 159 Å². The maximum absolute atomic E-state index is 13.9. The van der Waals surface area contributed by atoms with Gasteiger partial charge in [0.2, 0.25) is 5.91 Å². The summed E-state index contributed by atoms with van der Waals surface area (Å²) in [5.74, 6) is 0.353. The number of rotatable bonds is 35. The van der Waals surface area contributed by atoms with Gasteiger partial charge in [0.05, 0.1) is 85.9 Å². The normalized spacial score (nSPS) is 25.6. The first-order valence-electron chi connectivity index (χ1n) is 33.3. The lowest BCUT2D eigenvalue weighted by atomic mass is 9.94. The van der Waals surface area contributed by atoms with Gasteiger partial charge < -0.3 is 76.4 Å². The van der Waals surface area contributed by atoms with E-state index in [0.29, 0.717) is 5.75 Å². The molecule has 3 fully saturated rings. The molecule has 1 amide bonds. The van der Waals surface area contributed by atoms with Crippen molar-refractivity contribution in [3.05, 3.63) is 294 Å². The standard InChI is InChI=1S/C80H89NO16/c1-5-45-86-71-67(54-84-46-58-27-13-6-14-28-58)94-78(69(81-57(3)82)73(71)88-49-61-33-19-9-20-34-61)96-72-68(55-85-47-59-29-15-7-16-30-59)95-80(76(90-51-63-37-23-11-24-38-63)74(72)89-50-62-35-21-10-22-36-62)97-75-70(87-48-60-31-17-8-18-32-60)56(2)93-79(77(75)91-52-64-39-25-12-26-40-64)92-53-65-41-43-66(83-4)44-42-65/h5-44,56,67-80H,1,45-55H2,2-4H3,(H,81,82)/t56-,67+,68+,69-,70-,71+,72+,73+,74-,75+,76+,77+,78-,79+,80+/m0/s1. The Morgan fingerprint density at radius 2 is 0.742 bits per heavy atom. The highest BCUT2D eigenvalue weighted by molar-refractivity contribution is 5.73. The minimum Gasteiger partial charge on any atom is -0.497 e. The minimum absolute atomic E-state index is 0.0430. The molecule has 17 nitrogen and oxygen atoms in total. The molecular weight excluding hydrogens is 1230 g/mol. The predicted octanol–water partition coefficient (Wildman–Crippen LogP) is 12.6. The van der Waals surface area contributed by atoms with Gasteiger partial charge in [-0.15, -0.1) is 6.58 Å². The molecule has 510 valence electrons. The van der Waals surface area contributed by atoms with E-state index in [-0.39, 0.29) is 78.6 Å². The highest BCUT2D eigenvalue weighted by Gasteiger charge is 2.57. The fourth-order valence-electron chi connectivity index (χ4n) is 12.2. The van der Waals surface area contributed by atoms with Gasteiger partial charge in [0.25, 0.3) is 0 Å². The van der Waals surface area contributed by atoms with E-state index in [2.05, 4.69) is 11.9 Å². The molecule has 3 saturated heterocycles. The average Bonchev–Trinajstić information content (AvgIpc) is 0.776. The molecule has 0 saturated carbocycles. The Bertz CT molecular complexity index is 3510. The van der Waals surface area contributed by atoms with Crippen molar-refractivity contribution in [2.24, 2.45) is 0 Å². The van der Waals surface area contributed by atoms with Crippen molar-refractivity contribution in [3.8, 4) is 5.75 Å². The van der Waals surface area contributed by atoms with Gasteiger partial charge in [0, 0.05) is 6.92 Å². The number of amides is 1. The molecule has 0 spiro atoms. The third kappa shape index (κ3) is 20.6. The molecule has 8 aromatic carbocycles. The third-order valence-corrected chi connectivity index (χ3v) is 17.1. The zero-order chi connectivity index (χ0) is 66.8. The first-order chi connectivity index (χ1) is 47.7. The van der Waals surface area contributed by atoms with Crippen LogP contribution < -0.4 is 10.1 Å². The van der Waals surface area contributed by atoms with Gasteiger partial charge in [0.1, 0.15) is 72.8 Å². The van der Waals surface area contributed by atoms with E-state index in [9.17, 15) is 4.79 Å². The molecular formula is C80H89NO16. The van der Waals surface area contributed by atoms with Crippen LogP contribution in [0.3, 0.4) is 0 Å². The van der Waals surface area contributed by atoms with E-state index in [4.69, 9.17) is 71.1 Å². The fraction of sp³-hybridized carbons (Fsp3) is 0.362. The Hall–Kier alpha value is -7.79. The number of methoxy groups -OCH3 is 1. The quantitative estimate of drug-likeness (QED) is 0.0372. The van der Waals surface area contributed by atoms with Crippen molar-refractivity contribution in [1.82, 2.24) is 5.32 Å². The molecule has 0 aliphatic carbocycles. The Balaban J connectivity index is 1.02. The molecule has 0 unspecified atom stereocenters. The van der Waals surface area contributed by atoms with E-state index in [1.165, 1.54) is 6.92 Å². The summed E-state index contributed by atoms with van der Waals surface area (Å²) in [5.41, 5.74) is 7.28. The van der Waals surface area contributed by atoms with Crippen LogP contribution in [0.4, 0.5) is 0 Å². The number of hydrogen-bond donors (Lipinski definition) is 1. The van der Waals surface area contributed by atoms with Crippen LogP contribution in [0.5, 0.6) is 5.75 Å². The monoisotopic (exact) mass is 1320 g/mol. The summed E-state index contributed by atoms with van der Waals surface area (Å²) in [6.07, 6.45) is -12.1. The molecule has 17 heteroatoms. The smallest absolute Gasteiger partial charge is 0.217 e. The summed E-state index contributed by atoms with van der Waals surface area (Å²) >= 11 is 0. The molecule has 3 aliphatic heterocycles. The number of carbonyl (C=O) groups is 1. The highest BCUT2D eigenvalue weighted by atomic mass is 16.8. The highest BCUT2D eigenvalue weighted by Crippen LogP contribution is 2.39. The maximum Gasteiger partial charge on any atom is 0.217 e. The first-order valence-corrected chi connectivity index (χ1v) is 33.3. The second kappa shape index (κ2) is 37.2. The number of hydrogen-bond acceptors (Lipinski definition) is 16. The first kappa shape index (κ1) is 70.5. The topological polar surface area (TPSA) is 168 Å². The van der Waals surface area contributed by atoms with Gasteiger partial charge in [-0.05, 0) is 63.6 Å². The molecule has 8 aromatic rings. The maximum atomic E-state index is 13.9. The molecule has 3 aliphatic rings. The van der Waals surface area contributed by atoms with Gasteiger partial charge >= 0.3 is 0 Å². The van der Waals surface area contributed by atoms with Crippen molar-refractivity contribution in [1.29, 1.82) is 0 Å². The number of nitrogens with one attached hydrogen (secondary N) is 1. The van der Waals surface area contributed by atoms with Crippen LogP contribution in [0, 0.1) is 0 Å². The SMILES string of the molecule is C=CCO[C@H]1[C@H](OCc2ccccc2)[C@H](NC(C)=O)[C@H](O[C@H]2[C@H](OCc3ccccc3)[C@@H](OCc3ccccc3)[C@@H](O[C@@H]3[C@@H](OCc4ccccc4)[C@H](C)O[C@@H](OCc4ccc(OC)cc4)[C@@H]3OCc3ccccc3)O[C@@H]2COCc2ccccc2)O[C@@H]1COCc1ccccc1. The molecule has 0 aromatic heterocycles. The molecule has 0 bridgehead atoms. The molecule has 0 radical (unpaired) electrons. The summed E-state index contributed by atoms with van der Waals surface area (Å²) in [5, 5.41) is 3.19. The largest absolute Gasteiger partial charge is 0.497 e. The van der Waals surface area contributed by atoms with Crippen LogP contribution in [-0.4, -0.2) is 125 Å². The van der Waals surface area contributed by atoms with Gasteiger partial charge in [0.15, 0.2) is 18.9 Å². The Labute approximate surface area is 569 Å². The Kier molecular flexibility index (Phi) is 27.1. The lowest BCUT2D eigenvalue weighted by Crippen LogP contribution is -2.69. The average molecular weight is 1320 g/mol. The summed E-state index contributed by atoms with van der Waals surface area (Å²) in [7, 11) is 1.63. The van der Waals surface area contributed by atoms with E-state index in [1.807, 2.05) is 244 Å². The Morgan fingerprint density at radius 3 is 1.18 bits per heavy atom. The summed E-state index contributed by atoms with van der Waals surface area (Å²) in [4.78, 5) is 13.9. The fourth-order valence-corrected chi connectivity index (χ4v) is 12.2. The summed E-state index contributed by atoms with van der Waals surface area (Å²) < 4.78 is 105. The summed E-state index contributed by atoms with van der Waals surface area (Å²) in [6, 6.07) is 75.9. The zero-order valence-electron chi connectivity index (χ0n) is 55.3. The van der Waals surface area contributed by atoms with Crippen LogP contribution in [0.25, 0.3) is 0 Å². The number of benzene rings is 8. The second-order valence-electron chi connectivity index (χ2n) is 24.3. The minimum atomic E-state index is -1.29. The lowest BCUT2D eigenvalue weighted by Gasteiger charge is -2.52. The summed E-state index contributed by atoms with van der Waals surface area (Å²) in [6.45, 7) is 8.88. The van der Waals surface area contributed by atoms with E-state index < -0.39 is 92.1 Å². The molecule has 1 N–H and O–H groups in total. The number of carbonyl (C=O) groups excluding carboxylic acids is 1. The van der Waals surface area contributed by atoms with Gasteiger partial charge in [-0.3, -0.25) is 4.79 Å². The van der Waals surface area contributed by atoms with Crippen LogP contribution in [0.15, 0.2) is 249 Å². The van der Waals surface area contributed by atoms with E-state index in [0.717, 1.165) is 44.5 Å². The molecule has 97 heavy (non-hydrogen) atoms. The third-order valence-electron chi connectivity index (χ3n) is 17.1. The lowest BCUT2D eigenvalue weighted by molar-refractivity contribution is -0.388. The molecule has 15 atom stereocenters. The van der Waals surface area contributed by atoms with Crippen LogP contribution >= 0.6 is 0 Å². The number of ether oxygens (including phenoxy) is 15. The second-order valence-corrected chi connectivity index (χ2v) is 24.3. The van der Waals surface area contributed by atoms with Crippen LogP contribution in [0.2, 0.25) is 0 Å². The van der Waals surface area contributed by atoms with Crippen LogP contribution in [0.1, 0.15) is 58.4 Å². The van der Waals surface area contributed by atoms with Crippen molar-refractivity contribution in [2.75, 3.05) is 26.9 Å². The Morgan fingerprint density at radius 1 is 0.381 bits per heavy atom. The van der Waals surface area contributed by atoms with E-state index in [1.54, 1.807) is 13.2 Å². The van der Waals surface area contributed by atoms with E-state index >= 15 is 0 Å². The van der Waals surface area contributed by atoms with Gasteiger partial charge in [-0.2, -0.15) is 0 Å². The van der Waals surface area contributed by atoms with Gasteiger partial charge in [-0.1, -0.05) is 231 Å². The van der Waals surface area contributed by atoms with Crippen molar-refractivity contribution >= 4 is 5.91 Å². The predicted molar refractivity (Wildman–Crippen MR) is 364 cm³/mol. The van der Waals surface area contributed by atoms with Crippen LogP contribution in [-0.2, 0) is 124 Å².